The Kier molecular flexibility index (Phi) is 6.84. The van der Waals surface area contributed by atoms with Crippen molar-refractivity contribution in [1.29, 1.82) is 0 Å². The van der Waals surface area contributed by atoms with Crippen molar-refractivity contribution >= 4 is 5.96 Å². The predicted octanol–water partition coefficient (Wildman–Crippen LogP) is 0.892. The first-order valence-electron chi connectivity index (χ1n) is 4.81. The lowest BCUT2D eigenvalue weighted by Crippen LogP contribution is -2.37. The van der Waals surface area contributed by atoms with Gasteiger partial charge in [0.2, 0.25) is 0 Å². The number of hydrogen-bond acceptors (Lipinski definition) is 2. The van der Waals surface area contributed by atoms with Gasteiger partial charge in [-0.15, -0.1) is 0 Å². The van der Waals surface area contributed by atoms with Crippen LogP contribution in [0.25, 0.3) is 0 Å². The lowest BCUT2D eigenvalue weighted by atomic mass is 10.4. The third-order valence-electron chi connectivity index (χ3n) is 1.30. The zero-order valence-electron chi connectivity index (χ0n) is 9.34. The zero-order valence-corrected chi connectivity index (χ0v) is 9.34. The zero-order chi connectivity index (χ0) is 11.0. The molecule has 0 aliphatic heterocycles. The number of rotatable bonds is 6. The van der Waals surface area contributed by atoms with Gasteiger partial charge in [-0.3, -0.25) is 4.99 Å². The minimum absolute atomic E-state index is 0.315. The second-order valence-corrected chi connectivity index (χ2v) is 3.58. The first-order valence-corrected chi connectivity index (χ1v) is 4.81. The van der Waals surface area contributed by atoms with Gasteiger partial charge in [-0.05, 0) is 20.8 Å². The molecule has 0 spiro atoms. The Labute approximate surface area is 86.2 Å². The second-order valence-electron chi connectivity index (χ2n) is 3.58. The summed E-state index contributed by atoms with van der Waals surface area (Å²) < 4.78 is 5.26. The Hall–Kier alpha value is -1.03. The van der Waals surface area contributed by atoms with E-state index in [9.17, 15) is 0 Å². The molecule has 4 nitrogen and oxygen atoms in total. The second kappa shape index (κ2) is 7.38. The van der Waals surface area contributed by atoms with E-state index in [2.05, 4.69) is 16.9 Å². The van der Waals surface area contributed by atoms with E-state index in [1.54, 1.807) is 0 Å². The van der Waals surface area contributed by atoms with E-state index < -0.39 is 0 Å². The standard InChI is InChI=1S/C10H21N3O/c1-8(2)7-14-6-5-12-10(11)13-9(3)4/h9H,1,5-7H2,2-4H3,(H3,11,12,13). The van der Waals surface area contributed by atoms with E-state index in [4.69, 9.17) is 10.5 Å². The van der Waals surface area contributed by atoms with E-state index in [1.165, 1.54) is 0 Å². The molecular formula is C10H21N3O. The molecule has 0 heterocycles. The van der Waals surface area contributed by atoms with Gasteiger partial charge in [0.25, 0.3) is 0 Å². The molecule has 0 aromatic rings. The van der Waals surface area contributed by atoms with Crippen LogP contribution < -0.4 is 11.1 Å². The Bertz CT molecular complexity index is 200. The minimum atomic E-state index is 0.315. The van der Waals surface area contributed by atoms with E-state index in [0.717, 1.165) is 5.57 Å². The van der Waals surface area contributed by atoms with Crippen LogP contribution in [0.5, 0.6) is 0 Å². The number of nitrogens with zero attached hydrogens (tertiary/aromatic N) is 1. The van der Waals surface area contributed by atoms with Crippen molar-refractivity contribution in [1.82, 2.24) is 5.32 Å². The molecule has 0 aliphatic rings. The molecule has 0 aromatic carbocycles. The average Bonchev–Trinajstić information content (AvgIpc) is 2.01. The summed E-state index contributed by atoms with van der Waals surface area (Å²) in [5.74, 6) is 0.471. The van der Waals surface area contributed by atoms with E-state index in [-0.39, 0.29) is 0 Å². The molecule has 0 amide bonds. The van der Waals surface area contributed by atoms with Gasteiger partial charge in [0.05, 0.1) is 19.8 Å². The van der Waals surface area contributed by atoms with E-state index >= 15 is 0 Å². The molecule has 0 saturated heterocycles. The fourth-order valence-electron chi connectivity index (χ4n) is 0.818. The Morgan fingerprint density at radius 3 is 2.71 bits per heavy atom. The van der Waals surface area contributed by atoms with Crippen molar-refractivity contribution in [2.75, 3.05) is 19.8 Å². The van der Waals surface area contributed by atoms with Crippen LogP contribution >= 0.6 is 0 Å². The number of ether oxygens (including phenoxy) is 1. The molecule has 0 fully saturated rings. The molecular weight excluding hydrogens is 178 g/mol. The summed E-state index contributed by atoms with van der Waals surface area (Å²) >= 11 is 0. The molecule has 0 radical (unpaired) electrons. The summed E-state index contributed by atoms with van der Waals surface area (Å²) in [4.78, 5) is 4.09. The first-order chi connectivity index (χ1) is 6.52. The highest BCUT2D eigenvalue weighted by atomic mass is 16.5. The third kappa shape index (κ3) is 9.06. The number of aliphatic imine (C=N–C) groups is 1. The normalized spacial score (nSPS) is 11.9. The average molecular weight is 199 g/mol. The van der Waals surface area contributed by atoms with Crippen molar-refractivity contribution in [3.63, 3.8) is 0 Å². The highest BCUT2D eigenvalue weighted by Crippen LogP contribution is 1.87. The number of nitrogens with two attached hydrogens (primary N) is 1. The summed E-state index contributed by atoms with van der Waals surface area (Å²) in [6.45, 7) is 11.4. The summed E-state index contributed by atoms with van der Waals surface area (Å²) in [5.41, 5.74) is 6.60. The van der Waals surface area contributed by atoms with Crippen molar-refractivity contribution in [2.45, 2.75) is 26.8 Å². The van der Waals surface area contributed by atoms with Crippen LogP contribution in [0.2, 0.25) is 0 Å². The maximum absolute atomic E-state index is 5.58. The third-order valence-corrected chi connectivity index (χ3v) is 1.30. The van der Waals surface area contributed by atoms with Crippen LogP contribution in [0.3, 0.4) is 0 Å². The molecule has 82 valence electrons. The molecule has 4 heteroatoms. The maximum Gasteiger partial charge on any atom is 0.188 e. The van der Waals surface area contributed by atoms with Crippen molar-refractivity contribution in [2.24, 2.45) is 10.7 Å². The Morgan fingerprint density at radius 1 is 1.57 bits per heavy atom. The molecule has 0 rings (SSSR count). The summed E-state index contributed by atoms with van der Waals surface area (Å²) in [6.07, 6.45) is 0. The van der Waals surface area contributed by atoms with Gasteiger partial charge < -0.3 is 15.8 Å². The Morgan fingerprint density at radius 2 is 2.21 bits per heavy atom. The maximum atomic E-state index is 5.58. The lowest BCUT2D eigenvalue weighted by molar-refractivity contribution is 0.164. The lowest BCUT2D eigenvalue weighted by Gasteiger charge is -2.08. The van der Waals surface area contributed by atoms with Crippen molar-refractivity contribution < 1.29 is 4.74 Å². The summed E-state index contributed by atoms with van der Waals surface area (Å²) in [7, 11) is 0. The van der Waals surface area contributed by atoms with Gasteiger partial charge in [0.15, 0.2) is 5.96 Å². The van der Waals surface area contributed by atoms with Crippen LogP contribution in [0.15, 0.2) is 17.1 Å². The van der Waals surface area contributed by atoms with Gasteiger partial charge in [-0.2, -0.15) is 0 Å². The fourth-order valence-corrected chi connectivity index (χ4v) is 0.818. The minimum Gasteiger partial charge on any atom is -0.375 e. The van der Waals surface area contributed by atoms with Gasteiger partial charge in [-0.25, -0.2) is 0 Å². The van der Waals surface area contributed by atoms with Crippen molar-refractivity contribution in [3.05, 3.63) is 12.2 Å². The quantitative estimate of drug-likeness (QED) is 0.289. The molecule has 0 aromatic heterocycles. The monoisotopic (exact) mass is 199 g/mol. The molecule has 14 heavy (non-hydrogen) atoms. The molecule has 0 saturated carbocycles. The smallest absolute Gasteiger partial charge is 0.188 e. The molecule has 0 atom stereocenters. The van der Waals surface area contributed by atoms with E-state index in [1.807, 2.05) is 20.8 Å². The fraction of sp³-hybridized carbons (Fsp3) is 0.700. The molecule has 0 aliphatic carbocycles. The van der Waals surface area contributed by atoms with Crippen LogP contribution in [0.1, 0.15) is 20.8 Å². The topological polar surface area (TPSA) is 59.6 Å². The van der Waals surface area contributed by atoms with Gasteiger partial charge in [-0.1, -0.05) is 12.2 Å². The predicted molar refractivity (Wildman–Crippen MR) is 60.4 cm³/mol. The first kappa shape index (κ1) is 13.0. The van der Waals surface area contributed by atoms with Gasteiger partial charge in [0.1, 0.15) is 0 Å². The highest BCUT2D eigenvalue weighted by molar-refractivity contribution is 5.78. The number of guanidine groups is 1. The molecule has 0 unspecified atom stereocenters. The SMILES string of the molecule is C=C(C)COCCN=C(N)NC(C)C. The number of nitrogens with one attached hydrogen (secondary N) is 1. The van der Waals surface area contributed by atoms with Crippen LogP contribution in [0, 0.1) is 0 Å². The largest absolute Gasteiger partial charge is 0.375 e. The highest BCUT2D eigenvalue weighted by Gasteiger charge is 1.94. The molecule has 0 bridgehead atoms. The van der Waals surface area contributed by atoms with Crippen molar-refractivity contribution in [3.8, 4) is 0 Å². The summed E-state index contributed by atoms with van der Waals surface area (Å²) in [5, 5.41) is 3.00. The number of hydrogen-bond donors (Lipinski definition) is 2. The van der Waals surface area contributed by atoms with E-state index in [0.29, 0.717) is 31.8 Å². The Balaban J connectivity index is 3.46. The van der Waals surface area contributed by atoms with Gasteiger partial charge in [0, 0.05) is 6.04 Å². The molecule has 3 N–H and O–H groups in total. The van der Waals surface area contributed by atoms with Crippen LogP contribution in [-0.4, -0.2) is 31.8 Å². The van der Waals surface area contributed by atoms with Crippen LogP contribution in [0.4, 0.5) is 0 Å². The summed E-state index contributed by atoms with van der Waals surface area (Å²) in [6, 6.07) is 0.315. The van der Waals surface area contributed by atoms with Crippen LogP contribution in [-0.2, 0) is 4.74 Å². The van der Waals surface area contributed by atoms with Gasteiger partial charge >= 0.3 is 0 Å².